The van der Waals surface area contributed by atoms with Crippen LogP contribution in [0.3, 0.4) is 0 Å². The molecule has 1 fully saturated rings. The van der Waals surface area contributed by atoms with Crippen LogP contribution in [0, 0.1) is 0 Å². The van der Waals surface area contributed by atoms with E-state index in [1.807, 2.05) is 0 Å². The fraction of sp³-hybridized carbons (Fsp3) is 0.895. The van der Waals surface area contributed by atoms with Gasteiger partial charge in [-0.25, -0.2) is 0 Å². The Balaban J connectivity index is 2.31. The molecule has 1 rings (SSSR count). The van der Waals surface area contributed by atoms with Crippen molar-refractivity contribution in [3.8, 4) is 0 Å². The highest BCUT2D eigenvalue weighted by Gasteiger charge is 2.18. The first-order valence-electron chi connectivity index (χ1n) is 9.82. The third-order valence-corrected chi connectivity index (χ3v) is 4.71. The van der Waals surface area contributed by atoms with Gasteiger partial charge in [-0.2, -0.15) is 0 Å². The molecule has 0 aliphatic heterocycles. The molecule has 1 aliphatic rings. The fourth-order valence-corrected chi connectivity index (χ4v) is 3.22. The van der Waals surface area contributed by atoms with Crippen LogP contribution in [0.25, 0.3) is 0 Å². The van der Waals surface area contributed by atoms with Crippen LogP contribution in [0.5, 0.6) is 0 Å². The Morgan fingerprint density at radius 1 is 0.783 bits per heavy atom. The predicted octanol–water partition coefficient (Wildman–Crippen LogP) is 4.08. The summed E-state index contributed by atoms with van der Waals surface area (Å²) in [5, 5.41) is 5.68. The number of amides is 2. The molecule has 4 nitrogen and oxygen atoms in total. The van der Waals surface area contributed by atoms with Gasteiger partial charge < -0.3 is 10.6 Å². The molecule has 1 saturated carbocycles. The lowest BCUT2D eigenvalue weighted by molar-refractivity contribution is -0.139. The summed E-state index contributed by atoms with van der Waals surface area (Å²) in [5.74, 6) is -0.911. The van der Waals surface area contributed by atoms with Gasteiger partial charge in [-0.05, 0) is 19.3 Å². The van der Waals surface area contributed by atoms with Crippen LogP contribution in [-0.2, 0) is 9.59 Å². The van der Waals surface area contributed by atoms with Gasteiger partial charge in [0.1, 0.15) is 0 Å². The maximum Gasteiger partial charge on any atom is 0.309 e. The SMILES string of the molecule is CCCCCNC(=O)C(=O)NC1CCCCCCCCCCC1. The van der Waals surface area contributed by atoms with Crippen molar-refractivity contribution in [2.45, 2.75) is 103 Å². The van der Waals surface area contributed by atoms with Crippen molar-refractivity contribution in [1.29, 1.82) is 0 Å². The lowest BCUT2D eigenvalue weighted by atomic mass is 9.98. The fourth-order valence-electron chi connectivity index (χ4n) is 3.22. The van der Waals surface area contributed by atoms with E-state index in [0.717, 1.165) is 44.9 Å². The average molecular weight is 325 g/mol. The molecule has 0 unspecified atom stereocenters. The lowest BCUT2D eigenvalue weighted by Gasteiger charge is -2.19. The summed E-state index contributed by atoms with van der Waals surface area (Å²) in [6, 6.07) is 0.170. The van der Waals surface area contributed by atoms with Gasteiger partial charge in [-0.1, -0.05) is 77.6 Å². The zero-order valence-corrected chi connectivity index (χ0v) is 15.0. The van der Waals surface area contributed by atoms with E-state index < -0.39 is 11.8 Å². The van der Waals surface area contributed by atoms with Gasteiger partial charge in [0.15, 0.2) is 0 Å². The van der Waals surface area contributed by atoms with Gasteiger partial charge >= 0.3 is 11.8 Å². The Labute approximate surface area is 142 Å². The molecule has 0 aromatic heterocycles. The van der Waals surface area contributed by atoms with Crippen molar-refractivity contribution >= 4 is 11.8 Å². The molecule has 2 N–H and O–H groups in total. The van der Waals surface area contributed by atoms with E-state index in [0.29, 0.717) is 6.54 Å². The van der Waals surface area contributed by atoms with Crippen LogP contribution in [0.4, 0.5) is 0 Å². The first-order chi connectivity index (χ1) is 11.2. The number of carbonyl (C=O) groups excluding carboxylic acids is 2. The van der Waals surface area contributed by atoms with Crippen LogP contribution in [-0.4, -0.2) is 24.4 Å². The lowest BCUT2D eigenvalue weighted by Crippen LogP contribution is -2.44. The molecule has 2 amide bonds. The van der Waals surface area contributed by atoms with E-state index in [2.05, 4.69) is 17.6 Å². The van der Waals surface area contributed by atoms with E-state index in [9.17, 15) is 9.59 Å². The summed E-state index contributed by atoms with van der Waals surface area (Å²) in [5.41, 5.74) is 0. The molecule has 0 bridgehead atoms. The third-order valence-electron chi connectivity index (χ3n) is 4.71. The number of unbranched alkanes of at least 4 members (excludes halogenated alkanes) is 2. The van der Waals surface area contributed by atoms with Crippen molar-refractivity contribution in [2.24, 2.45) is 0 Å². The highest BCUT2D eigenvalue weighted by molar-refractivity contribution is 6.35. The molecule has 0 heterocycles. The summed E-state index contributed by atoms with van der Waals surface area (Å²) in [7, 11) is 0. The normalized spacial score (nSPS) is 18.5. The molecule has 0 aromatic carbocycles. The number of nitrogens with one attached hydrogen (secondary N) is 2. The molecule has 0 aromatic rings. The van der Waals surface area contributed by atoms with Gasteiger partial charge in [-0.3, -0.25) is 9.59 Å². The second-order valence-corrected chi connectivity index (χ2v) is 6.89. The summed E-state index contributed by atoms with van der Waals surface area (Å²) < 4.78 is 0. The molecule has 134 valence electrons. The zero-order valence-electron chi connectivity index (χ0n) is 15.0. The molecule has 23 heavy (non-hydrogen) atoms. The Morgan fingerprint density at radius 3 is 1.83 bits per heavy atom. The molecule has 0 atom stereocenters. The van der Waals surface area contributed by atoms with Crippen molar-refractivity contribution in [3.05, 3.63) is 0 Å². The van der Waals surface area contributed by atoms with E-state index >= 15 is 0 Å². The van der Waals surface area contributed by atoms with Crippen LogP contribution in [0.15, 0.2) is 0 Å². The van der Waals surface area contributed by atoms with E-state index in [1.165, 1.54) is 44.9 Å². The van der Waals surface area contributed by atoms with Crippen molar-refractivity contribution in [2.75, 3.05) is 6.54 Å². The predicted molar refractivity (Wildman–Crippen MR) is 95.3 cm³/mol. The summed E-state index contributed by atoms with van der Waals surface area (Å²) in [6.07, 6.45) is 16.6. The van der Waals surface area contributed by atoms with Gasteiger partial charge in [0.05, 0.1) is 0 Å². The second-order valence-electron chi connectivity index (χ2n) is 6.89. The minimum absolute atomic E-state index is 0.170. The maximum absolute atomic E-state index is 12.0. The Bertz CT molecular complexity index is 319. The molecule has 0 radical (unpaired) electrons. The topological polar surface area (TPSA) is 58.2 Å². The van der Waals surface area contributed by atoms with Crippen molar-refractivity contribution < 1.29 is 9.59 Å². The van der Waals surface area contributed by atoms with Gasteiger partial charge in [0.2, 0.25) is 0 Å². The number of carbonyl (C=O) groups is 2. The van der Waals surface area contributed by atoms with Crippen LogP contribution in [0.2, 0.25) is 0 Å². The Morgan fingerprint density at radius 2 is 1.30 bits per heavy atom. The molecular weight excluding hydrogens is 288 g/mol. The number of rotatable bonds is 5. The van der Waals surface area contributed by atoms with Crippen molar-refractivity contribution in [3.63, 3.8) is 0 Å². The first-order valence-corrected chi connectivity index (χ1v) is 9.82. The van der Waals surface area contributed by atoms with Gasteiger partial charge in [0.25, 0.3) is 0 Å². The largest absolute Gasteiger partial charge is 0.348 e. The zero-order chi connectivity index (χ0) is 16.8. The van der Waals surface area contributed by atoms with E-state index in [4.69, 9.17) is 0 Å². The summed E-state index contributed by atoms with van der Waals surface area (Å²) >= 11 is 0. The molecule has 0 spiro atoms. The first kappa shape index (κ1) is 20.0. The van der Waals surface area contributed by atoms with Crippen LogP contribution >= 0.6 is 0 Å². The molecular formula is C19H36N2O2. The van der Waals surface area contributed by atoms with Gasteiger partial charge in [0, 0.05) is 12.6 Å². The number of hydrogen-bond acceptors (Lipinski definition) is 2. The standard InChI is InChI=1S/C19H36N2O2/c1-2-3-13-16-20-18(22)19(23)21-17-14-11-9-7-5-4-6-8-10-12-15-17/h17H,2-16H2,1H3,(H,20,22)(H,21,23). The third kappa shape index (κ3) is 10.4. The highest BCUT2D eigenvalue weighted by Crippen LogP contribution is 2.16. The Kier molecular flexibility index (Phi) is 11.6. The minimum Gasteiger partial charge on any atom is -0.348 e. The maximum atomic E-state index is 12.0. The van der Waals surface area contributed by atoms with Crippen LogP contribution < -0.4 is 10.6 Å². The molecule has 1 aliphatic carbocycles. The average Bonchev–Trinajstić information content (AvgIpc) is 2.53. The monoisotopic (exact) mass is 324 g/mol. The van der Waals surface area contributed by atoms with E-state index in [-0.39, 0.29) is 6.04 Å². The molecule has 4 heteroatoms. The van der Waals surface area contributed by atoms with Gasteiger partial charge in [-0.15, -0.1) is 0 Å². The summed E-state index contributed by atoms with van der Waals surface area (Å²) in [4.78, 5) is 23.9. The second kappa shape index (κ2) is 13.4. The highest BCUT2D eigenvalue weighted by atomic mass is 16.2. The minimum atomic E-state index is -0.466. The van der Waals surface area contributed by atoms with E-state index in [1.54, 1.807) is 0 Å². The quantitative estimate of drug-likeness (QED) is 0.591. The van der Waals surface area contributed by atoms with Crippen molar-refractivity contribution in [1.82, 2.24) is 10.6 Å². The Hall–Kier alpha value is -1.06. The van der Waals surface area contributed by atoms with Crippen LogP contribution in [0.1, 0.15) is 96.8 Å². The summed E-state index contributed by atoms with van der Waals surface area (Å²) in [6.45, 7) is 2.73. The molecule has 0 saturated heterocycles. The number of hydrogen-bond donors (Lipinski definition) is 2. The smallest absolute Gasteiger partial charge is 0.309 e.